The third kappa shape index (κ3) is 5.56. The van der Waals surface area contributed by atoms with E-state index in [2.05, 4.69) is 30.3 Å². The van der Waals surface area contributed by atoms with Crippen LogP contribution in [0.25, 0.3) is 22.2 Å². The van der Waals surface area contributed by atoms with Crippen molar-refractivity contribution in [3.63, 3.8) is 0 Å². The Hall–Kier alpha value is -3.59. The number of nitrogens with one attached hydrogen (secondary N) is 4. The third-order valence-corrected chi connectivity index (χ3v) is 5.83. The number of aromatic nitrogens is 3. The number of β-amino-alcohol motifs (C(OH)–C–C–N with tert-alkyl or cyclic N) is 1. The monoisotopic (exact) mass is 532 g/mol. The smallest absolute Gasteiger partial charge is 0.420 e. The Balaban J connectivity index is 1.83. The second-order valence-electron chi connectivity index (χ2n) is 8.85. The van der Waals surface area contributed by atoms with Gasteiger partial charge in [0.2, 0.25) is 5.95 Å². The van der Waals surface area contributed by atoms with E-state index in [0.29, 0.717) is 19.3 Å². The van der Waals surface area contributed by atoms with Crippen molar-refractivity contribution in [3.8, 4) is 11.3 Å². The van der Waals surface area contributed by atoms with Gasteiger partial charge in [-0.15, -0.1) is 0 Å². The molecule has 1 aliphatic rings. The van der Waals surface area contributed by atoms with Crippen LogP contribution in [0.3, 0.4) is 0 Å². The number of hydrogen-bond donors (Lipinski definition) is 5. The van der Waals surface area contributed by atoms with Gasteiger partial charge >= 0.3 is 18.4 Å². The van der Waals surface area contributed by atoms with E-state index in [1.54, 1.807) is 6.92 Å². The number of ether oxygens (including phenoxy) is 1. The zero-order chi connectivity index (χ0) is 27.2. The number of hydrogen-bond acceptors (Lipinski definition) is 7. The Morgan fingerprint density at radius 2 is 1.95 bits per heavy atom. The van der Waals surface area contributed by atoms with Crippen molar-refractivity contribution in [1.29, 1.82) is 0 Å². The number of methoxy groups -OCH3 is 1. The number of alkyl halides is 6. The third-order valence-electron chi connectivity index (χ3n) is 5.83. The van der Waals surface area contributed by atoms with E-state index in [-0.39, 0.29) is 23.3 Å². The summed E-state index contributed by atoms with van der Waals surface area (Å²) in [7, 11) is 0.970. The zero-order valence-electron chi connectivity index (χ0n) is 19.4. The molecule has 2 atom stereocenters. The molecule has 3 aromatic rings. The molecule has 0 bridgehead atoms. The van der Waals surface area contributed by atoms with Crippen LogP contribution in [0.1, 0.15) is 24.5 Å². The number of anilines is 2. The quantitative estimate of drug-likeness (QED) is 0.316. The average molecular weight is 532 g/mol. The highest BCUT2D eigenvalue weighted by molar-refractivity contribution is 6.01. The summed E-state index contributed by atoms with van der Waals surface area (Å²) >= 11 is 0. The zero-order valence-corrected chi connectivity index (χ0v) is 19.4. The summed E-state index contributed by atoms with van der Waals surface area (Å²) in [5.41, 5.74) is -5.70. The van der Waals surface area contributed by atoms with Gasteiger partial charge in [0.1, 0.15) is 11.1 Å². The van der Waals surface area contributed by atoms with E-state index in [0.717, 1.165) is 25.4 Å². The molecule has 5 N–H and O–H groups in total. The fourth-order valence-electron chi connectivity index (χ4n) is 4.29. The minimum atomic E-state index is -4.98. The lowest BCUT2D eigenvalue weighted by Gasteiger charge is -2.35. The number of carbonyl (C=O) groups is 1. The summed E-state index contributed by atoms with van der Waals surface area (Å²) < 4.78 is 87.7. The van der Waals surface area contributed by atoms with Crippen LogP contribution in [0.15, 0.2) is 24.5 Å². The highest BCUT2D eigenvalue weighted by Crippen LogP contribution is 2.44. The molecule has 200 valence electrons. The van der Waals surface area contributed by atoms with Gasteiger partial charge in [0.25, 0.3) is 0 Å². The number of piperidine rings is 1. The highest BCUT2D eigenvalue weighted by atomic mass is 19.4. The predicted octanol–water partition coefficient (Wildman–Crippen LogP) is 4.37. The molecule has 0 aliphatic carbocycles. The molecule has 1 aliphatic heterocycles. The first-order valence-electron chi connectivity index (χ1n) is 10.9. The number of H-pyrrole nitrogens is 1. The second-order valence-corrected chi connectivity index (χ2v) is 8.85. The van der Waals surface area contributed by atoms with E-state index < -0.39 is 58.1 Å². The molecule has 0 saturated carbocycles. The molecule has 2 aromatic heterocycles. The van der Waals surface area contributed by atoms with E-state index in [1.165, 1.54) is 0 Å². The van der Waals surface area contributed by atoms with E-state index >= 15 is 0 Å². The first-order chi connectivity index (χ1) is 17.2. The number of benzene rings is 1. The molecule has 0 unspecified atom stereocenters. The van der Waals surface area contributed by atoms with Gasteiger partial charge < -0.3 is 25.5 Å². The lowest BCUT2D eigenvalue weighted by Crippen LogP contribution is -2.52. The van der Waals surface area contributed by atoms with E-state index in [9.17, 15) is 36.2 Å². The van der Waals surface area contributed by atoms with Crippen molar-refractivity contribution in [2.75, 3.05) is 30.8 Å². The summed E-state index contributed by atoms with van der Waals surface area (Å²) in [4.78, 5) is 21.7. The molecule has 4 rings (SSSR count). The van der Waals surface area contributed by atoms with Crippen LogP contribution in [0, 0.1) is 0 Å². The van der Waals surface area contributed by atoms with Crippen LogP contribution in [-0.4, -0.2) is 58.0 Å². The fraction of sp³-hybridized carbons (Fsp3) is 0.409. The Kier molecular flexibility index (Phi) is 6.71. The van der Waals surface area contributed by atoms with Gasteiger partial charge in [-0.25, -0.2) is 14.8 Å². The first kappa shape index (κ1) is 26.5. The summed E-state index contributed by atoms with van der Waals surface area (Å²) in [5.74, 6) is -0.193. The molecule has 1 fully saturated rings. The van der Waals surface area contributed by atoms with Gasteiger partial charge in [-0.2, -0.15) is 26.3 Å². The van der Waals surface area contributed by atoms with Gasteiger partial charge in [-0.1, -0.05) is 6.07 Å². The minimum absolute atomic E-state index is 0.193. The van der Waals surface area contributed by atoms with Crippen LogP contribution in [0.5, 0.6) is 0 Å². The number of amides is 1. The normalized spacial score (nSPS) is 20.6. The summed E-state index contributed by atoms with van der Waals surface area (Å²) in [6.07, 6.45) is -9.25. The minimum Gasteiger partial charge on any atom is -0.453 e. The number of halogens is 6. The van der Waals surface area contributed by atoms with Crippen LogP contribution in [0.4, 0.5) is 42.8 Å². The average Bonchev–Trinajstić information content (AvgIpc) is 3.20. The van der Waals surface area contributed by atoms with Gasteiger partial charge in [0.15, 0.2) is 0 Å². The Labute approximate surface area is 205 Å². The van der Waals surface area contributed by atoms with Crippen molar-refractivity contribution >= 4 is 28.6 Å². The number of aromatic amines is 1. The standard InChI is InChI=1S/C22H22F6N6O3/c1-20(36)5-10(6-29-9-20)32-18-31-8-13(21(23,24)25)16(34-18)12-7-30-17-11(12)3-4-14(33-19(35)37-2)15(17)22(26,27)28/h3-4,7-8,10,29-30,36H,5-6,9H2,1-2H3,(H,33,35)(H,31,32,34)/t10-,20+/m0/s1. The summed E-state index contributed by atoms with van der Waals surface area (Å²) in [6.45, 7) is 2.31. The second kappa shape index (κ2) is 9.37. The molecule has 3 heterocycles. The number of nitrogens with zero attached hydrogens (tertiary/aromatic N) is 2. The molecular weight excluding hydrogens is 510 g/mol. The SMILES string of the molecule is COC(=O)Nc1ccc2c(-c3nc(N[C@@H]4CNC[C@](C)(O)C4)ncc3C(F)(F)F)c[nH]c2c1C(F)(F)F. The van der Waals surface area contributed by atoms with Gasteiger partial charge in [0.05, 0.1) is 29.6 Å². The van der Waals surface area contributed by atoms with Crippen molar-refractivity contribution in [3.05, 3.63) is 35.7 Å². The van der Waals surface area contributed by atoms with Crippen LogP contribution in [-0.2, 0) is 17.1 Å². The molecule has 15 heteroatoms. The number of rotatable bonds is 4. The highest BCUT2D eigenvalue weighted by Gasteiger charge is 2.39. The van der Waals surface area contributed by atoms with Crippen LogP contribution in [0.2, 0.25) is 0 Å². The first-order valence-corrected chi connectivity index (χ1v) is 10.9. The number of fused-ring (bicyclic) bond motifs is 1. The van der Waals surface area contributed by atoms with Crippen molar-refractivity contribution in [2.24, 2.45) is 0 Å². The van der Waals surface area contributed by atoms with Crippen molar-refractivity contribution < 1.29 is 41.0 Å². The lowest BCUT2D eigenvalue weighted by molar-refractivity contribution is -0.137. The van der Waals surface area contributed by atoms with Crippen LogP contribution >= 0.6 is 0 Å². The van der Waals surface area contributed by atoms with Gasteiger partial charge in [-0.3, -0.25) is 5.32 Å². The maximum Gasteiger partial charge on any atom is 0.420 e. The summed E-state index contributed by atoms with van der Waals surface area (Å²) in [5, 5.41) is 17.9. The molecule has 9 nitrogen and oxygen atoms in total. The van der Waals surface area contributed by atoms with E-state index in [4.69, 9.17) is 0 Å². The van der Waals surface area contributed by atoms with E-state index in [1.807, 2.05) is 5.32 Å². The maximum atomic E-state index is 13.9. The summed E-state index contributed by atoms with van der Waals surface area (Å²) in [6, 6.07) is 1.64. The fourth-order valence-corrected chi connectivity index (χ4v) is 4.29. The molecular formula is C22H22F6N6O3. The Morgan fingerprint density at radius 3 is 2.57 bits per heavy atom. The van der Waals surface area contributed by atoms with Gasteiger partial charge in [-0.05, 0) is 19.4 Å². The Bertz CT molecular complexity index is 1320. The maximum absolute atomic E-state index is 13.9. The molecule has 37 heavy (non-hydrogen) atoms. The van der Waals surface area contributed by atoms with Gasteiger partial charge in [0, 0.05) is 42.5 Å². The number of carbonyl (C=O) groups excluding carboxylic acids is 1. The molecule has 0 spiro atoms. The molecule has 0 radical (unpaired) electrons. The lowest BCUT2D eigenvalue weighted by atomic mass is 9.93. The van der Waals surface area contributed by atoms with Crippen molar-refractivity contribution in [2.45, 2.75) is 37.3 Å². The predicted molar refractivity (Wildman–Crippen MR) is 121 cm³/mol. The molecule has 1 aromatic carbocycles. The number of aliphatic hydroxyl groups is 1. The Morgan fingerprint density at radius 1 is 1.22 bits per heavy atom. The van der Waals surface area contributed by atoms with Crippen molar-refractivity contribution in [1.82, 2.24) is 20.3 Å². The topological polar surface area (TPSA) is 124 Å². The molecule has 1 amide bonds. The van der Waals surface area contributed by atoms with Crippen LogP contribution < -0.4 is 16.0 Å². The largest absolute Gasteiger partial charge is 0.453 e. The molecule has 1 saturated heterocycles.